The number of nitrogens with two attached hydrogens (primary N) is 1. The van der Waals surface area contributed by atoms with Crippen molar-refractivity contribution in [1.82, 2.24) is 15.1 Å². The summed E-state index contributed by atoms with van der Waals surface area (Å²) in [6.45, 7) is 6.77. The van der Waals surface area contributed by atoms with E-state index in [4.69, 9.17) is 10.5 Å². The Labute approximate surface area is 153 Å². The predicted molar refractivity (Wildman–Crippen MR) is 104 cm³/mol. The molecule has 0 saturated carbocycles. The zero-order valence-corrected chi connectivity index (χ0v) is 15.7. The molecule has 1 heterocycles. The lowest BCUT2D eigenvalue weighted by Crippen LogP contribution is -2.32. The Kier molecular flexibility index (Phi) is 7.60. The van der Waals surface area contributed by atoms with Gasteiger partial charge in [0.2, 0.25) is 0 Å². The first kappa shape index (κ1) is 19.0. The van der Waals surface area contributed by atoms with Gasteiger partial charge in [0.25, 0.3) is 0 Å². The molecule has 0 amide bonds. The van der Waals surface area contributed by atoms with Gasteiger partial charge in [0.05, 0.1) is 25.0 Å². The number of aliphatic imine (C=N–C) groups is 1. The van der Waals surface area contributed by atoms with E-state index in [-0.39, 0.29) is 24.0 Å². The largest absolute Gasteiger partial charge is 0.497 e. The highest BCUT2D eigenvalue weighted by Gasteiger charge is 2.02. The van der Waals surface area contributed by atoms with E-state index >= 15 is 0 Å². The summed E-state index contributed by atoms with van der Waals surface area (Å²) in [5.74, 6) is 1.21. The predicted octanol–water partition coefficient (Wildman–Crippen LogP) is 2.48. The molecule has 0 aliphatic heterocycles. The summed E-state index contributed by atoms with van der Waals surface area (Å²) in [5, 5.41) is 7.45. The van der Waals surface area contributed by atoms with Crippen molar-refractivity contribution in [1.29, 1.82) is 0 Å². The molecule has 0 saturated heterocycles. The number of hydrogen-bond donors (Lipinski definition) is 2. The summed E-state index contributed by atoms with van der Waals surface area (Å²) in [6, 6.07) is 9.60. The number of methoxy groups -OCH3 is 1. The van der Waals surface area contributed by atoms with Crippen LogP contribution in [0.25, 0.3) is 5.69 Å². The number of nitrogens with one attached hydrogen (secondary N) is 1. The molecule has 0 radical (unpaired) electrons. The van der Waals surface area contributed by atoms with E-state index in [1.807, 2.05) is 43.5 Å². The number of hydrogen-bond acceptors (Lipinski definition) is 3. The summed E-state index contributed by atoms with van der Waals surface area (Å²) in [4.78, 5) is 4.25. The number of aromatic nitrogens is 2. The normalized spacial score (nSPS) is 10.8. The first-order valence-corrected chi connectivity index (χ1v) is 6.95. The minimum atomic E-state index is 0. The van der Waals surface area contributed by atoms with E-state index in [1.165, 1.54) is 0 Å². The topological polar surface area (TPSA) is 77.5 Å². The number of halogens is 1. The molecule has 0 aliphatic carbocycles. The average Bonchev–Trinajstić information content (AvgIpc) is 3.00. The first-order valence-electron chi connectivity index (χ1n) is 6.95. The standard InChI is InChI=1S/C16H21N5O.HI/c1-12(2)10-18-16(17)19-11-13-8-9-21(20-13)14-4-6-15(22-3)7-5-14;/h4-9H,1,10-11H2,2-3H3,(H3,17,18,19);1H. The van der Waals surface area contributed by atoms with E-state index in [0.717, 1.165) is 22.7 Å². The lowest BCUT2D eigenvalue weighted by atomic mass is 10.3. The fourth-order valence-electron chi connectivity index (χ4n) is 1.79. The van der Waals surface area contributed by atoms with Crippen LogP contribution >= 0.6 is 24.0 Å². The summed E-state index contributed by atoms with van der Waals surface area (Å²) in [6.07, 6.45) is 1.89. The minimum absolute atomic E-state index is 0. The molecular weight excluding hydrogens is 405 g/mol. The molecule has 0 spiro atoms. The Morgan fingerprint density at radius 1 is 1.35 bits per heavy atom. The Morgan fingerprint density at radius 3 is 2.65 bits per heavy atom. The second-order valence-electron chi connectivity index (χ2n) is 4.96. The third-order valence-corrected chi connectivity index (χ3v) is 2.96. The highest BCUT2D eigenvalue weighted by atomic mass is 127. The van der Waals surface area contributed by atoms with Gasteiger partial charge in [-0.25, -0.2) is 9.67 Å². The van der Waals surface area contributed by atoms with Crippen LogP contribution in [0, 0.1) is 0 Å². The van der Waals surface area contributed by atoms with E-state index < -0.39 is 0 Å². The molecule has 3 N–H and O–H groups in total. The maximum Gasteiger partial charge on any atom is 0.189 e. The van der Waals surface area contributed by atoms with Crippen molar-refractivity contribution in [2.45, 2.75) is 13.5 Å². The van der Waals surface area contributed by atoms with Gasteiger partial charge in [0.1, 0.15) is 5.75 Å². The highest BCUT2D eigenvalue weighted by molar-refractivity contribution is 14.0. The summed E-state index contributed by atoms with van der Waals surface area (Å²) < 4.78 is 6.93. The number of rotatable bonds is 6. The van der Waals surface area contributed by atoms with Gasteiger partial charge in [-0.3, -0.25) is 0 Å². The number of guanidine groups is 1. The minimum Gasteiger partial charge on any atom is -0.497 e. The van der Waals surface area contributed by atoms with E-state index in [2.05, 4.69) is 22.0 Å². The second-order valence-corrected chi connectivity index (χ2v) is 4.96. The first-order chi connectivity index (χ1) is 10.6. The number of nitrogens with zero attached hydrogens (tertiary/aromatic N) is 3. The molecule has 6 nitrogen and oxygen atoms in total. The summed E-state index contributed by atoms with van der Waals surface area (Å²) in [7, 11) is 1.64. The van der Waals surface area contributed by atoms with Crippen molar-refractivity contribution in [2.75, 3.05) is 13.7 Å². The highest BCUT2D eigenvalue weighted by Crippen LogP contribution is 2.14. The molecule has 23 heavy (non-hydrogen) atoms. The van der Waals surface area contributed by atoms with Crippen molar-refractivity contribution in [3.05, 3.63) is 54.4 Å². The number of ether oxygens (including phenoxy) is 1. The van der Waals surface area contributed by atoms with Gasteiger partial charge in [0.15, 0.2) is 5.96 Å². The van der Waals surface area contributed by atoms with Crippen molar-refractivity contribution in [2.24, 2.45) is 10.7 Å². The third-order valence-electron chi connectivity index (χ3n) is 2.96. The molecule has 2 rings (SSSR count). The van der Waals surface area contributed by atoms with Crippen molar-refractivity contribution >= 4 is 29.9 Å². The molecule has 0 bridgehead atoms. The van der Waals surface area contributed by atoms with Crippen molar-refractivity contribution < 1.29 is 4.74 Å². The molecule has 0 fully saturated rings. The van der Waals surface area contributed by atoms with Gasteiger partial charge in [-0.15, -0.1) is 24.0 Å². The van der Waals surface area contributed by atoms with E-state index in [0.29, 0.717) is 19.0 Å². The average molecular weight is 427 g/mol. The molecule has 1 aromatic heterocycles. The van der Waals surface area contributed by atoms with Gasteiger partial charge in [0, 0.05) is 12.7 Å². The van der Waals surface area contributed by atoms with Crippen molar-refractivity contribution in [3.8, 4) is 11.4 Å². The van der Waals surface area contributed by atoms with Crippen LogP contribution < -0.4 is 15.8 Å². The van der Waals surface area contributed by atoms with Crippen LogP contribution in [-0.2, 0) is 6.54 Å². The fraction of sp³-hybridized carbons (Fsp3) is 0.250. The van der Waals surface area contributed by atoms with Gasteiger partial charge in [-0.05, 0) is 37.3 Å². The molecule has 0 aliphatic rings. The van der Waals surface area contributed by atoms with E-state index in [1.54, 1.807) is 11.8 Å². The van der Waals surface area contributed by atoms with Gasteiger partial charge in [-0.1, -0.05) is 12.2 Å². The zero-order chi connectivity index (χ0) is 15.9. The third kappa shape index (κ3) is 5.93. The SMILES string of the molecule is C=C(C)CNC(N)=NCc1ccn(-c2ccc(OC)cc2)n1.I. The van der Waals surface area contributed by atoms with Gasteiger partial charge < -0.3 is 15.8 Å². The van der Waals surface area contributed by atoms with Crippen LogP contribution in [0.2, 0.25) is 0 Å². The molecule has 124 valence electrons. The summed E-state index contributed by atoms with van der Waals surface area (Å²) >= 11 is 0. The maximum absolute atomic E-state index is 5.77. The molecule has 7 heteroatoms. The lowest BCUT2D eigenvalue weighted by Gasteiger charge is -2.04. The lowest BCUT2D eigenvalue weighted by molar-refractivity contribution is 0.414. The number of benzene rings is 1. The van der Waals surface area contributed by atoms with Crippen LogP contribution in [0.5, 0.6) is 5.75 Å². The molecule has 2 aromatic rings. The molecule has 0 unspecified atom stereocenters. The van der Waals surface area contributed by atoms with Crippen LogP contribution in [0.3, 0.4) is 0 Å². The van der Waals surface area contributed by atoms with Gasteiger partial charge >= 0.3 is 0 Å². The van der Waals surface area contributed by atoms with Crippen LogP contribution in [0.1, 0.15) is 12.6 Å². The smallest absolute Gasteiger partial charge is 0.189 e. The van der Waals surface area contributed by atoms with Crippen LogP contribution in [0.4, 0.5) is 0 Å². The summed E-state index contributed by atoms with van der Waals surface area (Å²) in [5.41, 5.74) is 8.58. The second kappa shape index (κ2) is 9.19. The molecular formula is C16H22IN5O. The quantitative estimate of drug-likeness (QED) is 0.322. The Morgan fingerprint density at radius 2 is 2.04 bits per heavy atom. The van der Waals surface area contributed by atoms with Crippen LogP contribution in [0.15, 0.2) is 53.7 Å². The Bertz CT molecular complexity index is 663. The van der Waals surface area contributed by atoms with Crippen LogP contribution in [-0.4, -0.2) is 29.4 Å². The maximum atomic E-state index is 5.77. The van der Waals surface area contributed by atoms with Gasteiger partial charge in [-0.2, -0.15) is 5.10 Å². The monoisotopic (exact) mass is 427 g/mol. The Balaban J connectivity index is 0.00000264. The molecule has 0 atom stereocenters. The molecule has 1 aromatic carbocycles. The zero-order valence-electron chi connectivity index (χ0n) is 13.3. The van der Waals surface area contributed by atoms with Crippen molar-refractivity contribution in [3.63, 3.8) is 0 Å². The fourth-order valence-corrected chi connectivity index (χ4v) is 1.79. The Hall–Kier alpha value is -2.03. The van der Waals surface area contributed by atoms with E-state index in [9.17, 15) is 0 Å².